The van der Waals surface area contributed by atoms with E-state index in [2.05, 4.69) is 0 Å². The Labute approximate surface area is 111 Å². The van der Waals surface area contributed by atoms with E-state index < -0.39 is 12.0 Å². The topological polar surface area (TPSA) is 81.4 Å². The smallest absolute Gasteiger partial charge is 0.326 e. The molecule has 0 aliphatic carbocycles. The number of carbonyl (C=O) groups is 2. The van der Waals surface area contributed by atoms with Crippen LogP contribution in [0.15, 0.2) is 24.3 Å². The average Bonchev–Trinajstić information content (AvgIpc) is 2.88. The molecule has 1 atom stereocenters. The van der Waals surface area contributed by atoms with E-state index in [9.17, 15) is 9.59 Å². The summed E-state index contributed by atoms with van der Waals surface area (Å²) in [6.45, 7) is 0.471. The first-order valence-electron chi connectivity index (χ1n) is 6.13. The molecule has 0 saturated carbocycles. The lowest BCUT2D eigenvalue weighted by molar-refractivity contribution is -0.141. The molecule has 19 heavy (non-hydrogen) atoms. The van der Waals surface area contributed by atoms with Crippen molar-refractivity contribution in [2.24, 2.45) is 0 Å². The Morgan fingerprint density at radius 3 is 2.95 bits per heavy atom. The highest BCUT2D eigenvalue weighted by molar-refractivity contribution is 5.97. The molecular formula is C14H14N2O3. The van der Waals surface area contributed by atoms with Crippen molar-refractivity contribution < 1.29 is 14.7 Å². The molecular weight excluding hydrogens is 244 g/mol. The minimum absolute atomic E-state index is 0.240. The summed E-state index contributed by atoms with van der Waals surface area (Å²) in [5.74, 6) is -1.23. The van der Waals surface area contributed by atoms with Crippen molar-refractivity contribution in [3.63, 3.8) is 0 Å². The highest BCUT2D eigenvalue weighted by Gasteiger charge is 2.34. The fourth-order valence-electron chi connectivity index (χ4n) is 2.34. The number of amides is 1. The van der Waals surface area contributed by atoms with Gasteiger partial charge in [-0.15, -0.1) is 0 Å². The predicted octanol–water partition coefficient (Wildman–Crippen LogP) is 1.44. The normalized spacial score (nSPS) is 18.1. The summed E-state index contributed by atoms with van der Waals surface area (Å²) in [5, 5.41) is 17.7. The zero-order chi connectivity index (χ0) is 13.8. The molecule has 1 amide bonds. The molecule has 1 aromatic carbocycles. The molecule has 0 radical (unpaired) electrons. The van der Waals surface area contributed by atoms with E-state index in [4.69, 9.17) is 10.4 Å². The van der Waals surface area contributed by atoms with Crippen LogP contribution in [0.25, 0.3) is 0 Å². The van der Waals surface area contributed by atoms with Gasteiger partial charge in [-0.25, -0.2) is 4.79 Å². The number of carboxylic acids is 1. The van der Waals surface area contributed by atoms with Gasteiger partial charge >= 0.3 is 5.97 Å². The van der Waals surface area contributed by atoms with Crippen LogP contribution in [0, 0.1) is 11.3 Å². The first-order valence-corrected chi connectivity index (χ1v) is 6.13. The molecule has 1 aliphatic rings. The summed E-state index contributed by atoms with van der Waals surface area (Å²) in [5.41, 5.74) is 1.21. The highest BCUT2D eigenvalue weighted by Crippen LogP contribution is 2.20. The molecule has 0 aromatic heterocycles. The van der Waals surface area contributed by atoms with Crippen molar-refractivity contribution >= 4 is 11.9 Å². The molecule has 1 aliphatic heterocycles. The van der Waals surface area contributed by atoms with Crippen LogP contribution in [-0.2, 0) is 11.2 Å². The van der Waals surface area contributed by atoms with Crippen LogP contribution < -0.4 is 0 Å². The largest absolute Gasteiger partial charge is 0.480 e. The van der Waals surface area contributed by atoms with Crippen LogP contribution in [0.1, 0.15) is 28.8 Å². The maximum Gasteiger partial charge on any atom is 0.326 e. The molecule has 1 N–H and O–H groups in total. The predicted molar refractivity (Wildman–Crippen MR) is 67.5 cm³/mol. The number of rotatable bonds is 3. The van der Waals surface area contributed by atoms with E-state index in [1.165, 1.54) is 4.90 Å². The monoisotopic (exact) mass is 258 g/mol. The van der Waals surface area contributed by atoms with Crippen molar-refractivity contribution in [2.75, 3.05) is 6.54 Å². The van der Waals surface area contributed by atoms with Gasteiger partial charge in [0.25, 0.3) is 5.91 Å². The molecule has 98 valence electrons. The second-order valence-electron chi connectivity index (χ2n) is 4.53. The van der Waals surface area contributed by atoms with Crippen molar-refractivity contribution in [2.45, 2.75) is 25.3 Å². The number of nitriles is 1. The number of hydrogen-bond donors (Lipinski definition) is 1. The molecule has 2 rings (SSSR count). The molecule has 1 heterocycles. The third-order valence-corrected chi connectivity index (χ3v) is 3.26. The van der Waals surface area contributed by atoms with Gasteiger partial charge in [0.2, 0.25) is 0 Å². The summed E-state index contributed by atoms with van der Waals surface area (Å²) >= 11 is 0. The molecule has 5 nitrogen and oxygen atoms in total. The summed E-state index contributed by atoms with van der Waals surface area (Å²) in [7, 11) is 0. The van der Waals surface area contributed by atoms with Crippen molar-refractivity contribution in [1.29, 1.82) is 5.26 Å². The van der Waals surface area contributed by atoms with E-state index >= 15 is 0 Å². The third kappa shape index (κ3) is 2.74. The standard InChI is InChI=1S/C14H14N2O3/c15-7-6-10-3-1-4-11(9-10)13(17)16-8-2-5-12(16)14(18)19/h1,3-4,9,12H,2,5-6,8H2,(H,18,19). The number of likely N-dealkylation sites (tertiary alicyclic amines) is 1. The summed E-state index contributed by atoms with van der Waals surface area (Å²) in [6.07, 6.45) is 1.45. The van der Waals surface area contributed by atoms with Gasteiger partial charge in [0.1, 0.15) is 6.04 Å². The van der Waals surface area contributed by atoms with Crippen LogP contribution in [0.5, 0.6) is 0 Å². The summed E-state index contributed by atoms with van der Waals surface area (Å²) < 4.78 is 0. The second-order valence-corrected chi connectivity index (χ2v) is 4.53. The first kappa shape index (κ1) is 13.1. The SMILES string of the molecule is N#CCc1cccc(C(=O)N2CCCC2C(=O)O)c1. The molecule has 0 bridgehead atoms. The number of carboxylic acid groups (broad SMARTS) is 1. The number of aliphatic carboxylic acids is 1. The van der Waals surface area contributed by atoms with Gasteiger partial charge < -0.3 is 10.0 Å². The first-order chi connectivity index (χ1) is 9.13. The Hall–Kier alpha value is -2.35. The lowest BCUT2D eigenvalue weighted by Gasteiger charge is -2.21. The van der Waals surface area contributed by atoms with Crippen molar-refractivity contribution in [3.8, 4) is 6.07 Å². The molecule has 1 unspecified atom stereocenters. The molecule has 1 aromatic rings. The quantitative estimate of drug-likeness (QED) is 0.889. The molecule has 5 heteroatoms. The second kappa shape index (κ2) is 5.53. The van der Waals surface area contributed by atoms with Gasteiger partial charge in [-0.1, -0.05) is 12.1 Å². The molecule has 1 saturated heterocycles. The van der Waals surface area contributed by atoms with Gasteiger partial charge in [-0.3, -0.25) is 4.79 Å². The van der Waals surface area contributed by atoms with Gasteiger partial charge in [-0.05, 0) is 30.5 Å². The minimum Gasteiger partial charge on any atom is -0.480 e. The number of nitrogens with zero attached hydrogens (tertiary/aromatic N) is 2. The van der Waals surface area contributed by atoms with Crippen molar-refractivity contribution in [1.82, 2.24) is 4.90 Å². The number of carbonyl (C=O) groups excluding carboxylic acids is 1. The number of benzene rings is 1. The Bertz CT molecular complexity index is 548. The lowest BCUT2D eigenvalue weighted by Crippen LogP contribution is -2.40. The zero-order valence-electron chi connectivity index (χ0n) is 10.4. The number of hydrogen-bond acceptors (Lipinski definition) is 3. The Morgan fingerprint density at radius 2 is 2.26 bits per heavy atom. The highest BCUT2D eigenvalue weighted by atomic mass is 16.4. The van der Waals surface area contributed by atoms with E-state index in [1.54, 1.807) is 24.3 Å². The van der Waals surface area contributed by atoms with Gasteiger partial charge in [0.05, 0.1) is 12.5 Å². The van der Waals surface area contributed by atoms with Gasteiger partial charge in [0.15, 0.2) is 0 Å². The van der Waals surface area contributed by atoms with E-state index in [-0.39, 0.29) is 12.3 Å². The van der Waals surface area contributed by atoms with Crippen LogP contribution in [-0.4, -0.2) is 34.5 Å². The van der Waals surface area contributed by atoms with Crippen LogP contribution >= 0.6 is 0 Å². The maximum absolute atomic E-state index is 12.3. The Morgan fingerprint density at radius 1 is 1.47 bits per heavy atom. The van der Waals surface area contributed by atoms with Crippen LogP contribution in [0.4, 0.5) is 0 Å². The zero-order valence-corrected chi connectivity index (χ0v) is 10.4. The fraction of sp³-hybridized carbons (Fsp3) is 0.357. The average molecular weight is 258 g/mol. The third-order valence-electron chi connectivity index (χ3n) is 3.26. The summed E-state index contributed by atoms with van der Waals surface area (Å²) in [6, 6.07) is 8.10. The van der Waals surface area contributed by atoms with E-state index in [1.807, 2.05) is 6.07 Å². The van der Waals surface area contributed by atoms with Crippen LogP contribution in [0.2, 0.25) is 0 Å². The van der Waals surface area contributed by atoms with E-state index in [0.29, 0.717) is 24.9 Å². The fourth-order valence-corrected chi connectivity index (χ4v) is 2.34. The van der Waals surface area contributed by atoms with Crippen molar-refractivity contribution in [3.05, 3.63) is 35.4 Å². The van der Waals surface area contributed by atoms with Gasteiger partial charge in [0, 0.05) is 12.1 Å². The minimum atomic E-state index is -0.959. The molecule has 0 spiro atoms. The Balaban J connectivity index is 2.22. The van der Waals surface area contributed by atoms with Gasteiger partial charge in [-0.2, -0.15) is 5.26 Å². The van der Waals surface area contributed by atoms with Crippen LogP contribution in [0.3, 0.4) is 0 Å². The maximum atomic E-state index is 12.3. The lowest BCUT2D eigenvalue weighted by atomic mass is 10.1. The summed E-state index contributed by atoms with van der Waals surface area (Å²) in [4.78, 5) is 24.8. The molecule has 1 fully saturated rings. The Kier molecular flexibility index (Phi) is 3.81. The van der Waals surface area contributed by atoms with E-state index in [0.717, 1.165) is 5.56 Å².